The predicted molar refractivity (Wildman–Crippen MR) is 83.4 cm³/mol. The first-order valence-electron chi connectivity index (χ1n) is 6.20. The van der Waals surface area contributed by atoms with Gasteiger partial charge in [-0.25, -0.2) is 8.42 Å². The molecule has 21 heavy (non-hydrogen) atoms. The highest BCUT2D eigenvalue weighted by atomic mass is 35.5. The van der Waals surface area contributed by atoms with E-state index in [1.807, 2.05) is 6.92 Å². The van der Waals surface area contributed by atoms with Gasteiger partial charge in [-0.2, -0.15) is 0 Å². The summed E-state index contributed by atoms with van der Waals surface area (Å²) in [6.45, 7) is 3.20. The number of anilines is 1. The van der Waals surface area contributed by atoms with E-state index in [4.69, 9.17) is 11.6 Å². The van der Waals surface area contributed by atoms with Gasteiger partial charge in [-0.15, -0.1) is 0 Å². The highest BCUT2D eigenvalue weighted by Crippen LogP contribution is 2.26. The van der Waals surface area contributed by atoms with E-state index in [1.165, 1.54) is 19.1 Å². The molecule has 110 valence electrons. The third-order valence-electron chi connectivity index (χ3n) is 2.93. The van der Waals surface area contributed by atoms with Crippen molar-refractivity contribution in [2.75, 3.05) is 4.72 Å². The molecule has 1 N–H and O–H groups in total. The summed E-state index contributed by atoms with van der Waals surface area (Å²) in [6, 6.07) is 11.1. The standard InChI is InChI=1S/C15H14ClNO3S/c1-10-7-8-15(13(16)9-10)21(19,20)17-14-6-4-3-5-12(14)11(2)18/h3-9,17H,1-2H3. The molecule has 0 spiro atoms. The molecule has 0 radical (unpaired) electrons. The first kappa shape index (κ1) is 15.5. The second kappa shape index (κ2) is 5.87. The number of hydrogen-bond donors (Lipinski definition) is 1. The quantitative estimate of drug-likeness (QED) is 0.873. The van der Waals surface area contributed by atoms with E-state index in [0.717, 1.165) is 5.56 Å². The van der Waals surface area contributed by atoms with Crippen LogP contribution in [0.4, 0.5) is 5.69 Å². The van der Waals surface area contributed by atoms with E-state index in [-0.39, 0.29) is 21.4 Å². The fourth-order valence-corrected chi connectivity index (χ4v) is 3.58. The van der Waals surface area contributed by atoms with E-state index >= 15 is 0 Å². The van der Waals surface area contributed by atoms with Gasteiger partial charge in [0.1, 0.15) is 4.90 Å². The summed E-state index contributed by atoms with van der Waals surface area (Å²) in [5.74, 6) is -0.219. The summed E-state index contributed by atoms with van der Waals surface area (Å²) in [6.07, 6.45) is 0. The molecule has 0 fully saturated rings. The Bertz CT molecular complexity index is 800. The SMILES string of the molecule is CC(=O)c1ccccc1NS(=O)(=O)c1ccc(C)cc1Cl. The lowest BCUT2D eigenvalue weighted by atomic mass is 10.1. The van der Waals surface area contributed by atoms with E-state index in [0.29, 0.717) is 5.56 Å². The van der Waals surface area contributed by atoms with Gasteiger partial charge in [-0.05, 0) is 43.7 Å². The van der Waals surface area contributed by atoms with Gasteiger partial charge in [0.25, 0.3) is 10.0 Å². The summed E-state index contributed by atoms with van der Waals surface area (Å²) < 4.78 is 27.2. The third-order valence-corrected chi connectivity index (χ3v) is 4.78. The van der Waals surface area contributed by atoms with Gasteiger partial charge in [0.05, 0.1) is 10.7 Å². The van der Waals surface area contributed by atoms with Crippen molar-refractivity contribution >= 4 is 33.1 Å². The first-order valence-corrected chi connectivity index (χ1v) is 8.06. The van der Waals surface area contributed by atoms with Crippen LogP contribution in [0.25, 0.3) is 0 Å². The number of carbonyl (C=O) groups excluding carboxylic acids is 1. The molecule has 0 saturated heterocycles. The number of ketones is 1. The fraction of sp³-hybridized carbons (Fsp3) is 0.133. The van der Waals surface area contributed by atoms with Crippen molar-refractivity contribution < 1.29 is 13.2 Å². The van der Waals surface area contributed by atoms with Crippen molar-refractivity contribution in [3.63, 3.8) is 0 Å². The van der Waals surface area contributed by atoms with Crippen LogP contribution in [0.1, 0.15) is 22.8 Å². The Balaban J connectivity index is 2.45. The van der Waals surface area contributed by atoms with Crippen LogP contribution in [0.2, 0.25) is 5.02 Å². The summed E-state index contributed by atoms with van der Waals surface area (Å²) in [5.41, 5.74) is 1.41. The number of sulfonamides is 1. The predicted octanol–water partition coefficient (Wildman–Crippen LogP) is 3.65. The Hall–Kier alpha value is -1.85. The number of nitrogens with one attached hydrogen (secondary N) is 1. The molecule has 2 rings (SSSR count). The summed E-state index contributed by atoms with van der Waals surface area (Å²) in [7, 11) is -3.85. The lowest BCUT2D eigenvalue weighted by Crippen LogP contribution is -2.15. The number of rotatable bonds is 4. The number of hydrogen-bond acceptors (Lipinski definition) is 3. The van der Waals surface area contributed by atoms with Crippen LogP contribution < -0.4 is 4.72 Å². The van der Waals surface area contributed by atoms with Crippen LogP contribution in [0.15, 0.2) is 47.4 Å². The highest BCUT2D eigenvalue weighted by Gasteiger charge is 2.20. The number of halogens is 1. The second-order valence-corrected chi connectivity index (χ2v) is 6.70. The van der Waals surface area contributed by atoms with Crippen molar-refractivity contribution in [3.8, 4) is 0 Å². The van der Waals surface area contributed by atoms with Gasteiger partial charge in [0, 0.05) is 5.56 Å². The normalized spacial score (nSPS) is 11.2. The molecule has 0 bridgehead atoms. The largest absolute Gasteiger partial charge is 0.294 e. The van der Waals surface area contributed by atoms with Crippen molar-refractivity contribution in [1.29, 1.82) is 0 Å². The van der Waals surface area contributed by atoms with Gasteiger partial charge in [-0.1, -0.05) is 29.8 Å². The molecule has 0 saturated carbocycles. The molecule has 0 aliphatic rings. The van der Waals surface area contributed by atoms with Crippen LogP contribution in [-0.4, -0.2) is 14.2 Å². The van der Waals surface area contributed by atoms with Crippen molar-refractivity contribution in [1.82, 2.24) is 0 Å². The third kappa shape index (κ3) is 3.43. The monoisotopic (exact) mass is 323 g/mol. The Morgan fingerprint density at radius 3 is 2.43 bits per heavy atom. The fourth-order valence-electron chi connectivity index (χ4n) is 1.90. The Morgan fingerprint density at radius 1 is 1.14 bits per heavy atom. The number of carbonyl (C=O) groups is 1. The molecule has 0 heterocycles. The van der Waals surface area contributed by atoms with Crippen LogP contribution in [-0.2, 0) is 10.0 Å². The van der Waals surface area contributed by atoms with Gasteiger partial charge in [0.2, 0.25) is 0 Å². The number of benzene rings is 2. The molecule has 0 unspecified atom stereocenters. The maximum atomic E-state index is 12.4. The van der Waals surface area contributed by atoms with Crippen molar-refractivity contribution in [3.05, 3.63) is 58.6 Å². The van der Waals surface area contributed by atoms with E-state index in [1.54, 1.807) is 30.3 Å². The van der Waals surface area contributed by atoms with Crippen molar-refractivity contribution in [2.24, 2.45) is 0 Å². The van der Waals surface area contributed by atoms with Crippen LogP contribution in [0.3, 0.4) is 0 Å². The topological polar surface area (TPSA) is 63.2 Å². The molecule has 0 aliphatic carbocycles. The maximum absolute atomic E-state index is 12.4. The molecule has 6 heteroatoms. The Kier molecular flexibility index (Phi) is 4.34. The molecule has 4 nitrogen and oxygen atoms in total. The maximum Gasteiger partial charge on any atom is 0.263 e. The minimum Gasteiger partial charge on any atom is -0.294 e. The molecular weight excluding hydrogens is 310 g/mol. The molecule has 0 aliphatic heterocycles. The average molecular weight is 324 g/mol. The minimum absolute atomic E-state index is 0.0203. The van der Waals surface area contributed by atoms with Crippen LogP contribution in [0.5, 0.6) is 0 Å². The molecule has 0 atom stereocenters. The zero-order valence-electron chi connectivity index (χ0n) is 11.6. The Labute approximate surface area is 128 Å². The number of para-hydroxylation sites is 1. The summed E-state index contributed by atoms with van der Waals surface area (Å²) in [5, 5.41) is 0.141. The smallest absolute Gasteiger partial charge is 0.263 e. The Morgan fingerprint density at radius 2 is 1.81 bits per heavy atom. The molecule has 2 aromatic rings. The lowest BCUT2D eigenvalue weighted by Gasteiger charge is -2.12. The average Bonchev–Trinajstić information content (AvgIpc) is 2.37. The van der Waals surface area contributed by atoms with Gasteiger partial charge in [-0.3, -0.25) is 9.52 Å². The minimum atomic E-state index is -3.85. The molecule has 2 aromatic carbocycles. The van der Waals surface area contributed by atoms with Crippen LogP contribution in [0, 0.1) is 6.92 Å². The van der Waals surface area contributed by atoms with Gasteiger partial charge in [0.15, 0.2) is 5.78 Å². The lowest BCUT2D eigenvalue weighted by molar-refractivity contribution is 0.101. The first-order chi connectivity index (χ1) is 9.81. The zero-order chi connectivity index (χ0) is 15.6. The van der Waals surface area contributed by atoms with E-state index in [2.05, 4.69) is 4.72 Å². The van der Waals surface area contributed by atoms with Crippen LogP contribution >= 0.6 is 11.6 Å². The number of aryl methyl sites for hydroxylation is 1. The highest BCUT2D eigenvalue weighted by molar-refractivity contribution is 7.92. The van der Waals surface area contributed by atoms with E-state index < -0.39 is 10.0 Å². The molecule has 0 aromatic heterocycles. The summed E-state index contributed by atoms with van der Waals surface area (Å²) in [4.78, 5) is 11.5. The van der Waals surface area contributed by atoms with Gasteiger partial charge < -0.3 is 0 Å². The second-order valence-electron chi connectivity index (χ2n) is 4.64. The van der Waals surface area contributed by atoms with Gasteiger partial charge >= 0.3 is 0 Å². The summed E-state index contributed by atoms with van der Waals surface area (Å²) >= 11 is 6.00. The molecule has 0 amide bonds. The number of Topliss-reactive ketones (excluding diaryl/α,β-unsaturated/α-hetero) is 1. The zero-order valence-corrected chi connectivity index (χ0v) is 13.1. The molecular formula is C15H14ClNO3S. The van der Waals surface area contributed by atoms with Crippen molar-refractivity contribution in [2.45, 2.75) is 18.7 Å². The van der Waals surface area contributed by atoms with E-state index in [9.17, 15) is 13.2 Å².